The molecule has 1 nitrogen and oxygen atoms in total. The maximum absolute atomic E-state index is 7.34. The van der Waals surface area contributed by atoms with E-state index in [0.29, 0.717) is 11.3 Å². The molecule has 1 atom stereocenters. The highest BCUT2D eigenvalue weighted by molar-refractivity contribution is 5.57. The summed E-state index contributed by atoms with van der Waals surface area (Å²) in [4.78, 5) is 0. The Labute approximate surface area is 188 Å². The smallest absolute Gasteiger partial charge is 0.126 e. The Balaban J connectivity index is 0.00000113. The molecule has 30 heavy (non-hydrogen) atoms. The average Bonchev–Trinajstić information content (AvgIpc) is 3.61. The summed E-state index contributed by atoms with van der Waals surface area (Å²) in [7, 11) is -0.0450. The normalized spacial score (nSPS) is 15.2. The lowest BCUT2D eigenvalue weighted by atomic mass is 9.87. The van der Waals surface area contributed by atoms with Gasteiger partial charge in [-0.2, -0.15) is 0 Å². The monoisotopic (exact) mass is 409 g/mol. The minimum absolute atomic E-state index is 0.0450. The van der Waals surface area contributed by atoms with Gasteiger partial charge in [-0.05, 0) is 62.0 Å². The van der Waals surface area contributed by atoms with Crippen LogP contribution in [0.4, 0.5) is 0 Å². The van der Waals surface area contributed by atoms with Crippen molar-refractivity contribution in [1.82, 2.24) is 0 Å². The van der Waals surface area contributed by atoms with Crippen LogP contribution < -0.4 is 4.74 Å². The third kappa shape index (κ3) is 8.38. The van der Waals surface area contributed by atoms with Gasteiger partial charge in [-0.3, -0.25) is 0 Å². The number of hydrogen-bond donors (Lipinski definition) is 0. The van der Waals surface area contributed by atoms with Crippen molar-refractivity contribution < 1.29 is 6.11 Å². The summed E-state index contributed by atoms with van der Waals surface area (Å²) in [5, 5.41) is 0. The summed E-state index contributed by atoms with van der Waals surface area (Å²) in [6.07, 6.45) is 12.3. The van der Waals surface area contributed by atoms with Crippen molar-refractivity contribution in [2.45, 2.75) is 80.1 Å². The Kier molecular flexibility index (Phi) is 11.4. The van der Waals surface area contributed by atoms with E-state index < -0.39 is 0 Å². The van der Waals surface area contributed by atoms with E-state index in [1.165, 1.54) is 43.2 Å². The second-order valence-corrected chi connectivity index (χ2v) is 7.88. The van der Waals surface area contributed by atoms with E-state index in [9.17, 15) is 0 Å². The summed E-state index contributed by atoms with van der Waals surface area (Å²) in [6.45, 7) is 12.5. The second-order valence-electron chi connectivity index (χ2n) is 7.88. The van der Waals surface area contributed by atoms with Gasteiger partial charge in [0.25, 0.3) is 0 Å². The number of benzene rings is 2. The van der Waals surface area contributed by atoms with Gasteiger partial charge in [0.1, 0.15) is 5.75 Å². The van der Waals surface area contributed by atoms with Crippen LogP contribution >= 0.6 is 0 Å². The van der Waals surface area contributed by atoms with Gasteiger partial charge in [0, 0.05) is 5.56 Å². The Morgan fingerprint density at radius 3 is 2.30 bits per heavy atom. The van der Waals surface area contributed by atoms with E-state index in [2.05, 4.69) is 56.3 Å². The van der Waals surface area contributed by atoms with Gasteiger partial charge in [0.05, 0.1) is 8.46 Å². The average molecular weight is 410 g/mol. The zero-order valence-corrected chi connectivity index (χ0v) is 20.2. The second kappa shape index (κ2) is 14.1. The maximum Gasteiger partial charge on any atom is 0.126 e. The van der Waals surface area contributed by atoms with Gasteiger partial charge in [-0.25, -0.2) is 0 Å². The molecule has 1 fully saturated rings. The first-order valence-electron chi connectivity index (χ1n) is 12.6. The largest absolute Gasteiger partial charge is 0.496 e. The number of rotatable bonds is 9. The molecule has 0 aromatic heterocycles. The predicted molar refractivity (Wildman–Crippen MR) is 134 cm³/mol. The summed E-state index contributed by atoms with van der Waals surface area (Å²) < 4.78 is 12.8. The van der Waals surface area contributed by atoms with Gasteiger partial charge >= 0.3 is 0 Å². The maximum atomic E-state index is 7.34. The highest BCUT2D eigenvalue weighted by atomic mass is 16.5. The van der Waals surface area contributed by atoms with Crippen LogP contribution in [-0.2, 0) is 6.42 Å². The molecule has 1 unspecified atom stereocenters. The fourth-order valence-corrected chi connectivity index (χ4v) is 3.73. The van der Waals surface area contributed by atoms with E-state index >= 15 is 0 Å². The predicted octanol–water partition coefficient (Wildman–Crippen LogP) is 8.90. The van der Waals surface area contributed by atoms with Crippen LogP contribution in [0.2, 0.25) is 0 Å². The molecule has 166 valence electrons. The van der Waals surface area contributed by atoms with Crippen LogP contribution in [0.15, 0.2) is 54.6 Å². The topological polar surface area (TPSA) is 9.23 Å². The van der Waals surface area contributed by atoms with Crippen LogP contribution in [0.1, 0.15) is 84.8 Å². The number of hydrogen-bond acceptors (Lipinski definition) is 1. The fraction of sp³-hybridized carbons (Fsp3) is 0.517. The van der Waals surface area contributed by atoms with Crippen molar-refractivity contribution in [1.29, 1.82) is 0 Å². The first-order chi connectivity index (χ1) is 15.1. The summed E-state index contributed by atoms with van der Waals surface area (Å²) >= 11 is 0. The molecule has 2 aromatic rings. The van der Waals surface area contributed by atoms with Crippen molar-refractivity contribution in [3.63, 3.8) is 0 Å². The van der Waals surface area contributed by atoms with Gasteiger partial charge in [-0.15, -0.1) is 0 Å². The molecule has 2 aromatic carbocycles. The molecule has 0 N–H and O–H groups in total. The molecule has 0 amide bonds. The van der Waals surface area contributed by atoms with Crippen molar-refractivity contribution in [2.24, 2.45) is 11.3 Å². The molecule has 0 heterocycles. The van der Waals surface area contributed by atoms with Crippen molar-refractivity contribution in [3.05, 3.63) is 71.3 Å². The molecule has 1 aliphatic carbocycles. The van der Waals surface area contributed by atoms with Gasteiger partial charge in [0.15, 0.2) is 0 Å². The Morgan fingerprint density at radius 2 is 1.70 bits per heavy atom. The van der Waals surface area contributed by atoms with E-state index in [1.54, 1.807) is 0 Å². The van der Waals surface area contributed by atoms with E-state index in [-0.39, 0.29) is 7.09 Å². The molecule has 0 radical (unpaired) electrons. The van der Waals surface area contributed by atoms with Crippen LogP contribution in [0.5, 0.6) is 5.75 Å². The van der Waals surface area contributed by atoms with Gasteiger partial charge < -0.3 is 4.74 Å². The minimum Gasteiger partial charge on any atom is -0.496 e. The van der Waals surface area contributed by atoms with Crippen LogP contribution in [0, 0.1) is 18.3 Å². The van der Waals surface area contributed by atoms with Gasteiger partial charge in [-0.1, -0.05) is 101 Å². The lowest BCUT2D eigenvalue weighted by Gasteiger charge is -2.18. The zero-order chi connectivity index (χ0) is 23.1. The standard InChI is InChI=1S/C25H32O.2C2H6/c1-4-25(17-18-25)16-15-22(19-21-11-9-20(2)10-12-21)13-14-23-7-5-6-8-24(23)26-3;2*1-2/h5-14,22H,4,15-19H2,1-3H3;2*1-2H3/b14-13+;;/i3D;;. The zero-order valence-electron chi connectivity index (χ0n) is 21.2. The Morgan fingerprint density at radius 1 is 1.03 bits per heavy atom. The van der Waals surface area contributed by atoms with Crippen molar-refractivity contribution in [2.75, 3.05) is 7.09 Å². The summed E-state index contributed by atoms with van der Waals surface area (Å²) in [5.74, 6) is 1.32. The first kappa shape index (κ1) is 24.3. The molecule has 3 rings (SSSR count). The van der Waals surface area contributed by atoms with Crippen LogP contribution in [-0.4, -0.2) is 7.09 Å². The van der Waals surface area contributed by atoms with E-state index in [4.69, 9.17) is 6.11 Å². The molecule has 0 saturated heterocycles. The lowest BCUT2D eigenvalue weighted by molar-refractivity contribution is 0.397. The van der Waals surface area contributed by atoms with Gasteiger partial charge in [0.2, 0.25) is 0 Å². The molecule has 1 saturated carbocycles. The SMILES string of the molecule is CC.CC.[2H]COc1ccccc1/C=C/C(CCC1(CC)CC1)Cc1ccc(C)cc1. The van der Waals surface area contributed by atoms with Crippen molar-refractivity contribution in [3.8, 4) is 5.75 Å². The molecule has 1 heteroatoms. The molecule has 0 bridgehead atoms. The Hall–Kier alpha value is -2.02. The summed E-state index contributed by atoms with van der Waals surface area (Å²) in [6, 6.07) is 17.0. The first-order valence-corrected chi connectivity index (χ1v) is 11.9. The highest BCUT2D eigenvalue weighted by Crippen LogP contribution is 2.53. The molecule has 0 aliphatic heterocycles. The molecule has 1 aliphatic rings. The quantitative estimate of drug-likeness (QED) is 0.401. The number of ether oxygens (including phenoxy) is 1. The number of methoxy groups -OCH3 is 1. The lowest BCUT2D eigenvalue weighted by Crippen LogP contribution is -2.07. The van der Waals surface area contributed by atoms with Crippen LogP contribution in [0.3, 0.4) is 0 Å². The highest BCUT2D eigenvalue weighted by Gasteiger charge is 2.40. The molecule has 0 spiro atoms. The number of para-hydroxylation sites is 1. The van der Waals surface area contributed by atoms with E-state index in [1.807, 2.05) is 45.9 Å². The number of aryl methyl sites for hydroxylation is 1. The Bertz CT molecular complexity index is 744. The fourth-order valence-electron chi connectivity index (χ4n) is 3.73. The minimum atomic E-state index is -0.0450. The van der Waals surface area contributed by atoms with Crippen LogP contribution in [0.25, 0.3) is 6.08 Å². The summed E-state index contributed by atoms with van der Waals surface area (Å²) in [5.41, 5.74) is 4.42. The third-order valence-electron chi connectivity index (χ3n) is 5.99. The van der Waals surface area contributed by atoms with E-state index in [0.717, 1.165) is 17.7 Å². The molecular formula is C29H44O. The molecular weight excluding hydrogens is 364 g/mol. The number of allylic oxidation sites excluding steroid dienone is 1. The van der Waals surface area contributed by atoms with Crippen molar-refractivity contribution >= 4 is 6.08 Å². The third-order valence-corrected chi connectivity index (χ3v) is 5.99.